The molecule has 0 heterocycles. The number of carbonyl (C=O) groups excluding carboxylic acids is 1. The van der Waals surface area contributed by atoms with Crippen LogP contribution in [0.2, 0.25) is 0 Å². The Morgan fingerprint density at radius 1 is 1.55 bits per heavy atom. The van der Waals surface area contributed by atoms with Gasteiger partial charge in [0.15, 0.2) is 0 Å². The number of anilines is 1. The second-order valence-corrected chi connectivity index (χ2v) is 5.36. The zero-order chi connectivity index (χ0) is 15.3. The van der Waals surface area contributed by atoms with Crippen LogP contribution in [0.5, 0.6) is 0 Å². The molecular weight excluding hydrogens is 380 g/mol. The minimum absolute atomic E-state index is 0.00735. The molecule has 2 N–H and O–H groups in total. The SMILES string of the molecule is CCCNC(=O)C(C)Nc1cc(F)c(I)cc1[N+](=O)[O-]. The van der Waals surface area contributed by atoms with Crippen molar-refractivity contribution in [1.82, 2.24) is 5.32 Å². The highest BCUT2D eigenvalue weighted by atomic mass is 127. The van der Waals surface area contributed by atoms with Crippen LogP contribution in [0.4, 0.5) is 15.8 Å². The lowest BCUT2D eigenvalue weighted by molar-refractivity contribution is -0.384. The minimum Gasteiger partial charge on any atom is -0.368 e. The van der Waals surface area contributed by atoms with Gasteiger partial charge in [0.25, 0.3) is 5.69 Å². The fourth-order valence-electron chi connectivity index (χ4n) is 1.50. The molecule has 0 aliphatic carbocycles. The standard InChI is InChI=1S/C12H15FIN3O3/c1-3-4-15-12(18)7(2)16-10-5-8(13)9(14)6-11(10)17(19)20/h5-7,16H,3-4H2,1-2H3,(H,15,18). The fraction of sp³-hybridized carbons (Fsp3) is 0.417. The smallest absolute Gasteiger partial charge is 0.293 e. The van der Waals surface area contributed by atoms with Gasteiger partial charge < -0.3 is 10.6 Å². The quantitative estimate of drug-likeness (QED) is 0.441. The number of nitro groups is 1. The minimum atomic E-state index is -0.695. The molecule has 0 spiro atoms. The van der Waals surface area contributed by atoms with Crippen LogP contribution >= 0.6 is 22.6 Å². The van der Waals surface area contributed by atoms with Gasteiger partial charge in [0.2, 0.25) is 5.91 Å². The molecule has 0 aliphatic heterocycles. The molecule has 0 bridgehead atoms. The maximum atomic E-state index is 13.5. The summed E-state index contributed by atoms with van der Waals surface area (Å²) in [6.45, 7) is 4.00. The summed E-state index contributed by atoms with van der Waals surface area (Å²) in [7, 11) is 0. The van der Waals surface area contributed by atoms with E-state index >= 15 is 0 Å². The van der Waals surface area contributed by atoms with Crippen molar-refractivity contribution in [3.63, 3.8) is 0 Å². The number of benzene rings is 1. The van der Waals surface area contributed by atoms with Gasteiger partial charge in [0.05, 0.1) is 8.49 Å². The summed E-state index contributed by atoms with van der Waals surface area (Å²) in [5.41, 5.74) is -0.266. The van der Waals surface area contributed by atoms with Crippen LogP contribution in [0, 0.1) is 19.5 Å². The van der Waals surface area contributed by atoms with Crippen molar-refractivity contribution < 1.29 is 14.1 Å². The Morgan fingerprint density at radius 3 is 2.75 bits per heavy atom. The average molecular weight is 395 g/mol. The Morgan fingerprint density at radius 2 is 2.20 bits per heavy atom. The molecule has 110 valence electrons. The number of halogens is 2. The van der Waals surface area contributed by atoms with Crippen LogP contribution in [0.15, 0.2) is 12.1 Å². The number of rotatable bonds is 6. The molecule has 20 heavy (non-hydrogen) atoms. The number of nitro benzene ring substituents is 1. The van der Waals surface area contributed by atoms with Crippen molar-refractivity contribution in [3.05, 3.63) is 31.6 Å². The summed E-state index contributed by atoms with van der Waals surface area (Å²) < 4.78 is 13.7. The largest absolute Gasteiger partial charge is 0.368 e. The normalized spacial score (nSPS) is 11.8. The van der Waals surface area contributed by atoms with Gasteiger partial charge in [-0.2, -0.15) is 0 Å². The first-order chi connectivity index (χ1) is 9.36. The van der Waals surface area contributed by atoms with E-state index in [-0.39, 0.29) is 20.9 Å². The first kappa shape index (κ1) is 16.6. The van der Waals surface area contributed by atoms with E-state index in [9.17, 15) is 19.3 Å². The Hall–Kier alpha value is -1.45. The highest BCUT2D eigenvalue weighted by Gasteiger charge is 2.21. The van der Waals surface area contributed by atoms with Crippen molar-refractivity contribution >= 4 is 39.9 Å². The molecule has 1 atom stereocenters. The first-order valence-electron chi connectivity index (χ1n) is 6.04. The van der Waals surface area contributed by atoms with E-state index in [0.717, 1.165) is 18.6 Å². The molecule has 1 aromatic rings. The number of carbonyl (C=O) groups is 1. The van der Waals surface area contributed by atoms with Crippen molar-refractivity contribution in [2.24, 2.45) is 0 Å². The van der Waals surface area contributed by atoms with Gasteiger partial charge in [0.1, 0.15) is 17.5 Å². The van der Waals surface area contributed by atoms with Crippen molar-refractivity contribution in [3.8, 4) is 0 Å². The summed E-state index contributed by atoms with van der Waals surface area (Å²) in [4.78, 5) is 22.0. The molecule has 0 saturated carbocycles. The van der Waals surface area contributed by atoms with Gasteiger partial charge in [-0.1, -0.05) is 6.92 Å². The average Bonchev–Trinajstić information content (AvgIpc) is 2.39. The molecule has 0 saturated heterocycles. The van der Waals surface area contributed by atoms with Crippen LogP contribution < -0.4 is 10.6 Å². The van der Waals surface area contributed by atoms with E-state index in [1.165, 1.54) is 0 Å². The summed E-state index contributed by atoms with van der Waals surface area (Å²) >= 11 is 1.68. The lowest BCUT2D eigenvalue weighted by Crippen LogP contribution is -2.38. The molecule has 8 heteroatoms. The Kier molecular flexibility index (Phi) is 6.11. The lowest BCUT2D eigenvalue weighted by atomic mass is 10.2. The zero-order valence-electron chi connectivity index (χ0n) is 11.1. The number of amides is 1. The number of hydrogen-bond donors (Lipinski definition) is 2. The number of nitrogens with one attached hydrogen (secondary N) is 2. The summed E-state index contributed by atoms with van der Waals surface area (Å²) in [6.07, 6.45) is 0.788. The van der Waals surface area contributed by atoms with Crippen LogP contribution in [-0.2, 0) is 4.79 Å². The zero-order valence-corrected chi connectivity index (χ0v) is 13.2. The summed E-state index contributed by atoms with van der Waals surface area (Å²) in [5.74, 6) is -0.861. The highest BCUT2D eigenvalue weighted by Crippen LogP contribution is 2.29. The molecule has 0 radical (unpaired) electrons. The van der Waals surface area contributed by atoms with Crippen LogP contribution in [-0.4, -0.2) is 23.4 Å². The second-order valence-electron chi connectivity index (χ2n) is 4.20. The maximum absolute atomic E-state index is 13.5. The van der Waals surface area contributed by atoms with Crippen LogP contribution in [0.3, 0.4) is 0 Å². The Labute approximate surface area is 129 Å². The Balaban J connectivity index is 2.93. The van der Waals surface area contributed by atoms with Crippen molar-refractivity contribution in [1.29, 1.82) is 0 Å². The van der Waals surface area contributed by atoms with E-state index < -0.39 is 16.8 Å². The van der Waals surface area contributed by atoms with Gasteiger partial charge in [0, 0.05) is 18.7 Å². The molecule has 0 fully saturated rings. The van der Waals surface area contributed by atoms with Gasteiger partial charge in [-0.3, -0.25) is 14.9 Å². The van der Waals surface area contributed by atoms with Crippen LogP contribution in [0.1, 0.15) is 20.3 Å². The van der Waals surface area contributed by atoms with E-state index in [2.05, 4.69) is 10.6 Å². The third-order valence-corrected chi connectivity index (χ3v) is 3.38. The predicted molar refractivity (Wildman–Crippen MR) is 82.2 cm³/mol. The number of nitrogens with zero attached hydrogens (tertiary/aromatic N) is 1. The molecule has 6 nitrogen and oxygen atoms in total. The van der Waals surface area contributed by atoms with Gasteiger partial charge >= 0.3 is 0 Å². The van der Waals surface area contributed by atoms with E-state index in [4.69, 9.17) is 0 Å². The monoisotopic (exact) mass is 395 g/mol. The number of hydrogen-bond acceptors (Lipinski definition) is 4. The van der Waals surface area contributed by atoms with E-state index in [1.54, 1.807) is 29.5 Å². The van der Waals surface area contributed by atoms with Crippen molar-refractivity contribution in [2.45, 2.75) is 26.3 Å². The molecular formula is C12H15FIN3O3. The van der Waals surface area contributed by atoms with Gasteiger partial charge in [-0.25, -0.2) is 4.39 Å². The Bertz CT molecular complexity index is 525. The topological polar surface area (TPSA) is 84.3 Å². The third kappa shape index (κ3) is 4.29. The second kappa shape index (κ2) is 7.36. The first-order valence-corrected chi connectivity index (χ1v) is 7.12. The molecule has 1 aromatic carbocycles. The van der Waals surface area contributed by atoms with Crippen molar-refractivity contribution in [2.75, 3.05) is 11.9 Å². The summed E-state index contributed by atoms with van der Waals surface area (Å²) in [5, 5.41) is 16.3. The van der Waals surface area contributed by atoms with E-state index in [0.29, 0.717) is 6.54 Å². The van der Waals surface area contributed by atoms with Gasteiger partial charge in [-0.15, -0.1) is 0 Å². The van der Waals surface area contributed by atoms with Gasteiger partial charge in [-0.05, 0) is 35.9 Å². The fourth-order valence-corrected chi connectivity index (χ4v) is 1.95. The third-order valence-electron chi connectivity index (χ3n) is 2.55. The predicted octanol–water partition coefficient (Wildman–Crippen LogP) is 2.67. The highest BCUT2D eigenvalue weighted by molar-refractivity contribution is 14.1. The molecule has 1 amide bonds. The van der Waals surface area contributed by atoms with E-state index in [1.807, 2.05) is 6.92 Å². The molecule has 1 rings (SSSR count). The molecule has 0 aromatic heterocycles. The molecule has 1 unspecified atom stereocenters. The molecule has 0 aliphatic rings. The maximum Gasteiger partial charge on any atom is 0.293 e. The summed E-state index contributed by atoms with van der Waals surface area (Å²) in [6, 6.07) is 1.47. The lowest BCUT2D eigenvalue weighted by Gasteiger charge is -2.15. The van der Waals surface area contributed by atoms with Crippen LogP contribution in [0.25, 0.3) is 0 Å².